The number of hydrogen-bond donors (Lipinski definition) is 0. The zero-order valence-corrected chi connectivity index (χ0v) is 9.20. The van der Waals surface area contributed by atoms with Crippen LogP contribution in [0.15, 0.2) is 29.2 Å². The van der Waals surface area contributed by atoms with Crippen LogP contribution in [0, 0.1) is 10.1 Å². The minimum atomic E-state index is -0.335. The largest absolute Gasteiger partial charge is 0.270 e. The first-order valence-corrected chi connectivity index (χ1v) is 6.05. The van der Waals surface area contributed by atoms with Crippen molar-refractivity contribution in [3.63, 3.8) is 0 Å². The Balaban J connectivity index is 2.07. The lowest BCUT2D eigenvalue weighted by molar-refractivity contribution is -0.385. The molecule has 1 fully saturated rings. The van der Waals surface area contributed by atoms with Gasteiger partial charge in [-0.25, -0.2) is 0 Å². The van der Waals surface area contributed by atoms with E-state index in [9.17, 15) is 10.1 Å². The van der Waals surface area contributed by atoms with E-state index in [0.29, 0.717) is 5.25 Å². The normalized spacial score (nSPS) is 16.8. The van der Waals surface area contributed by atoms with Gasteiger partial charge in [-0.05, 0) is 18.9 Å². The zero-order chi connectivity index (χ0) is 10.7. The topological polar surface area (TPSA) is 43.1 Å². The van der Waals surface area contributed by atoms with E-state index in [1.807, 2.05) is 6.07 Å². The van der Waals surface area contributed by atoms with Crippen molar-refractivity contribution < 1.29 is 4.92 Å². The van der Waals surface area contributed by atoms with E-state index in [1.54, 1.807) is 30.0 Å². The van der Waals surface area contributed by atoms with Gasteiger partial charge in [-0.3, -0.25) is 10.1 Å². The number of nitro groups is 1. The molecule has 0 atom stereocenters. The Labute approximate surface area is 93.0 Å². The Morgan fingerprint density at radius 3 is 2.73 bits per heavy atom. The minimum absolute atomic E-state index is 0.193. The molecular weight excluding hydrogens is 210 g/mol. The van der Waals surface area contributed by atoms with Gasteiger partial charge >= 0.3 is 0 Å². The van der Waals surface area contributed by atoms with Crippen LogP contribution >= 0.6 is 11.8 Å². The van der Waals surface area contributed by atoms with Gasteiger partial charge in [0.05, 0.1) is 4.92 Å². The Kier molecular flexibility index (Phi) is 3.26. The van der Waals surface area contributed by atoms with Gasteiger partial charge in [0.2, 0.25) is 0 Å². The van der Waals surface area contributed by atoms with Gasteiger partial charge in [0.15, 0.2) is 0 Å². The van der Waals surface area contributed by atoms with Gasteiger partial charge in [-0.1, -0.05) is 18.9 Å². The average Bonchev–Trinajstić information content (AvgIpc) is 2.71. The molecule has 0 spiro atoms. The molecule has 1 aromatic carbocycles. The van der Waals surface area contributed by atoms with Crippen molar-refractivity contribution in [2.24, 2.45) is 0 Å². The summed E-state index contributed by atoms with van der Waals surface area (Å²) in [6.07, 6.45) is 5.08. The number of non-ortho nitro benzene ring substituents is 1. The van der Waals surface area contributed by atoms with Gasteiger partial charge in [-0.15, -0.1) is 11.8 Å². The number of rotatable bonds is 3. The van der Waals surface area contributed by atoms with Crippen LogP contribution in [0.1, 0.15) is 25.7 Å². The summed E-state index contributed by atoms with van der Waals surface area (Å²) in [4.78, 5) is 11.3. The predicted molar refractivity (Wildman–Crippen MR) is 61.2 cm³/mol. The number of hydrogen-bond acceptors (Lipinski definition) is 3. The summed E-state index contributed by atoms with van der Waals surface area (Å²) >= 11 is 1.78. The second-order valence-corrected chi connectivity index (χ2v) is 5.15. The number of nitro benzene ring substituents is 1. The van der Waals surface area contributed by atoms with E-state index >= 15 is 0 Å². The third-order valence-corrected chi connectivity index (χ3v) is 3.96. The molecule has 1 aliphatic rings. The summed E-state index contributed by atoms with van der Waals surface area (Å²) in [5, 5.41) is 11.2. The lowest BCUT2D eigenvalue weighted by Gasteiger charge is -2.07. The fourth-order valence-electron chi connectivity index (χ4n) is 1.87. The predicted octanol–water partition coefficient (Wildman–Crippen LogP) is 3.63. The minimum Gasteiger partial charge on any atom is -0.258 e. The quantitative estimate of drug-likeness (QED) is 0.580. The highest BCUT2D eigenvalue weighted by atomic mass is 32.2. The van der Waals surface area contributed by atoms with Crippen LogP contribution in [0.4, 0.5) is 5.69 Å². The fraction of sp³-hybridized carbons (Fsp3) is 0.455. The second-order valence-electron chi connectivity index (χ2n) is 3.78. The highest BCUT2D eigenvalue weighted by Gasteiger charge is 2.17. The van der Waals surface area contributed by atoms with Gasteiger partial charge in [-0.2, -0.15) is 0 Å². The molecule has 15 heavy (non-hydrogen) atoms. The molecule has 0 unspecified atom stereocenters. The van der Waals surface area contributed by atoms with Crippen molar-refractivity contribution in [1.29, 1.82) is 0 Å². The van der Waals surface area contributed by atoms with E-state index in [2.05, 4.69) is 0 Å². The molecule has 1 aliphatic carbocycles. The van der Waals surface area contributed by atoms with Crippen LogP contribution in [0.2, 0.25) is 0 Å². The fourth-order valence-corrected chi connectivity index (χ4v) is 3.17. The lowest BCUT2D eigenvalue weighted by Crippen LogP contribution is -1.94. The summed E-state index contributed by atoms with van der Waals surface area (Å²) in [6.45, 7) is 0. The molecular formula is C11H13NO2S. The van der Waals surface area contributed by atoms with E-state index in [4.69, 9.17) is 0 Å². The summed E-state index contributed by atoms with van der Waals surface area (Å²) in [5.74, 6) is 0. The van der Waals surface area contributed by atoms with Crippen molar-refractivity contribution >= 4 is 17.4 Å². The molecule has 0 radical (unpaired) electrons. The Bertz CT molecular complexity index is 361. The first kappa shape index (κ1) is 10.5. The summed E-state index contributed by atoms with van der Waals surface area (Å²) in [6, 6.07) is 6.92. The molecule has 80 valence electrons. The van der Waals surface area contributed by atoms with Crippen LogP contribution < -0.4 is 0 Å². The molecule has 2 rings (SSSR count). The van der Waals surface area contributed by atoms with Gasteiger partial charge in [0.1, 0.15) is 0 Å². The molecule has 3 nitrogen and oxygen atoms in total. The first-order valence-electron chi connectivity index (χ1n) is 5.17. The molecule has 0 amide bonds. The lowest BCUT2D eigenvalue weighted by atomic mass is 10.3. The standard InChI is InChI=1S/C11H13NO2S/c13-12(14)9-4-3-7-11(8-9)15-10-5-1-2-6-10/h3-4,7-8,10H,1-2,5-6H2. The highest BCUT2D eigenvalue weighted by Crippen LogP contribution is 2.35. The molecule has 0 bridgehead atoms. The SMILES string of the molecule is O=[N+]([O-])c1cccc(SC2CCCC2)c1. The molecule has 0 aromatic heterocycles. The number of thioether (sulfide) groups is 1. The van der Waals surface area contributed by atoms with Crippen molar-refractivity contribution in [3.8, 4) is 0 Å². The molecule has 0 N–H and O–H groups in total. The van der Waals surface area contributed by atoms with Crippen LogP contribution in [0.3, 0.4) is 0 Å². The zero-order valence-electron chi connectivity index (χ0n) is 8.39. The maximum Gasteiger partial charge on any atom is 0.270 e. The smallest absolute Gasteiger partial charge is 0.258 e. The molecule has 1 aromatic rings. The molecule has 4 heteroatoms. The third kappa shape index (κ3) is 2.72. The molecule has 0 heterocycles. The summed E-state index contributed by atoms with van der Waals surface area (Å²) in [7, 11) is 0. The van der Waals surface area contributed by atoms with Gasteiger partial charge in [0.25, 0.3) is 5.69 Å². The van der Waals surface area contributed by atoms with Crippen LogP contribution in [-0.4, -0.2) is 10.2 Å². The van der Waals surface area contributed by atoms with Crippen LogP contribution in [0.5, 0.6) is 0 Å². The van der Waals surface area contributed by atoms with E-state index in [-0.39, 0.29) is 10.6 Å². The van der Waals surface area contributed by atoms with Gasteiger partial charge < -0.3 is 0 Å². The van der Waals surface area contributed by atoms with E-state index < -0.39 is 0 Å². The van der Waals surface area contributed by atoms with Crippen molar-refractivity contribution in [2.75, 3.05) is 0 Å². The Hall–Kier alpha value is -1.03. The monoisotopic (exact) mass is 223 g/mol. The molecule has 1 saturated carbocycles. The van der Waals surface area contributed by atoms with Crippen LogP contribution in [-0.2, 0) is 0 Å². The maximum atomic E-state index is 10.6. The first-order chi connectivity index (χ1) is 7.25. The average molecular weight is 223 g/mol. The second kappa shape index (κ2) is 4.66. The molecule has 0 saturated heterocycles. The summed E-state index contributed by atoms with van der Waals surface area (Å²) < 4.78 is 0. The van der Waals surface area contributed by atoms with Gasteiger partial charge in [0, 0.05) is 22.3 Å². The Morgan fingerprint density at radius 2 is 2.07 bits per heavy atom. The third-order valence-electron chi connectivity index (χ3n) is 2.63. The highest BCUT2D eigenvalue weighted by molar-refractivity contribution is 8.00. The van der Waals surface area contributed by atoms with Crippen molar-refractivity contribution in [2.45, 2.75) is 35.8 Å². The summed E-state index contributed by atoms with van der Waals surface area (Å²) in [5.41, 5.74) is 0.193. The van der Waals surface area contributed by atoms with Crippen molar-refractivity contribution in [3.05, 3.63) is 34.4 Å². The molecule has 0 aliphatic heterocycles. The van der Waals surface area contributed by atoms with E-state index in [1.165, 1.54) is 25.7 Å². The Morgan fingerprint density at radius 1 is 1.33 bits per heavy atom. The number of benzene rings is 1. The van der Waals surface area contributed by atoms with Crippen LogP contribution in [0.25, 0.3) is 0 Å². The van der Waals surface area contributed by atoms with E-state index in [0.717, 1.165) is 4.90 Å². The van der Waals surface area contributed by atoms with Crippen molar-refractivity contribution in [1.82, 2.24) is 0 Å². The number of nitrogens with zero attached hydrogens (tertiary/aromatic N) is 1. The maximum absolute atomic E-state index is 10.6.